The highest BCUT2D eigenvalue weighted by Gasteiger charge is 2.26. The molecule has 10 nitrogen and oxygen atoms in total. The zero-order valence-electron chi connectivity index (χ0n) is 28.2. The van der Waals surface area contributed by atoms with Gasteiger partial charge in [-0.3, -0.25) is 9.13 Å². The van der Waals surface area contributed by atoms with E-state index in [4.69, 9.17) is 19.5 Å². The van der Waals surface area contributed by atoms with Gasteiger partial charge in [-0.2, -0.15) is 0 Å². The fourth-order valence-corrected chi connectivity index (χ4v) is 8.79. The molecule has 2 aromatic carbocycles. The minimum atomic E-state index is -1.46. The van der Waals surface area contributed by atoms with Crippen molar-refractivity contribution in [2.45, 2.75) is 54.1 Å². The molecule has 0 radical (unpaired) electrons. The second-order valence-corrected chi connectivity index (χ2v) is 14.9. The molecular formula is C36H36BBrN6O4S2. The number of aryl methyl sites for hydroxylation is 4. The third-order valence-electron chi connectivity index (χ3n) is 8.27. The molecule has 0 unspecified atom stereocenters. The van der Waals surface area contributed by atoms with Crippen molar-refractivity contribution in [3.05, 3.63) is 139 Å². The number of ether oxygens (including phenoxy) is 2. The Morgan fingerprint density at radius 2 is 1.18 bits per heavy atom. The van der Waals surface area contributed by atoms with Crippen LogP contribution in [0.4, 0.5) is 0 Å². The van der Waals surface area contributed by atoms with Crippen LogP contribution in [0.3, 0.4) is 0 Å². The number of hydrogen-bond donors (Lipinski definition) is 2. The summed E-state index contributed by atoms with van der Waals surface area (Å²) in [6.45, 7) is 18.3. The van der Waals surface area contributed by atoms with Crippen LogP contribution >= 0.6 is 38.6 Å². The molecule has 2 N–H and O–H groups in total. The van der Waals surface area contributed by atoms with Gasteiger partial charge in [-0.25, -0.2) is 0 Å². The van der Waals surface area contributed by atoms with Gasteiger partial charge in [-0.1, -0.05) is 73.8 Å². The first-order valence-corrected chi connectivity index (χ1v) is 18.2. The molecule has 2 aliphatic heterocycles. The van der Waals surface area contributed by atoms with Gasteiger partial charge in [0.15, 0.2) is 11.6 Å². The molecule has 0 fully saturated rings. The third kappa shape index (κ3) is 7.24. The molecular weight excluding hydrogens is 735 g/mol. The summed E-state index contributed by atoms with van der Waals surface area (Å²) in [5.41, 5.74) is 6.83. The normalized spacial score (nSPS) is 12.8. The van der Waals surface area contributed by atoms with Crippen LogP contribution in [0.25, 0.3) is 21.0 Å². The third-order valence-corrected chi connectivity index (χ3v) is 11.9. The Morgan fingerprint density at radius 1 is 0.700 bits per heavy atom. The average Bonchev–Trinajstić information content (AvgIpc) is 3.77. The molecule has 4 aromatic heterocycles. The van der Waals surface area contributed by atoms with Crippen molar-refractivity contribution < 1.29 is 19.5 Å². The van der Waals surface area contributed by atoms with Crippen LogP contribution in [0.15, 0.2) is 78.3 Å². The van der Waals surface area contributed by atoms with Crippen molar-refractivity contribution in [3.8, 4) is 10.0 Å². The molecule has 14 heteroatoms. The van der Waals surface area contributed by atoms with Crippen molar-refractivity contribution in [1.82, 2.24) is 29.5 Å². The molecule has 0 aliphatic carbocycles. The topological polar surface area (TPSA) is 120 Å². The Bertz CT molecular complexity index is 2160. The van der Waals surface area contributed by atoms with Gasteiger partial charge in [-0.15, -0.1) is 43.1 Å². The lowest BCUT2D eigenvalue weighted by Gasteiger charge is -2.10. The second-order valence-electron chi connectivity index (χ2n) is 11.7. The quantitative estimate of drug-likeness (QED) is 0.177. The minimum absolute atomic E-state index is 0.325. The van der Waals surface area contributed by atoms with E-state index < -0.39 is 7.12 Å². The smallest absolute Gasteiger partial charge is 0.423 e. The highest BCUT2D eigenvalue weighted by molar-refractivity contribution is 9.10. The number of aromatic nitrogens is 6. The molecule has 2 aliphatic rings. The van der Waals surface area contributed by atoms with Crippen LogP contribution < -0.4 is 0 Å². The van der Waals surface area contributed by atoms with Crippen LogP contribution in [0, 0.1) is 27.7 Å². The lowest BCUT2D eigenvalue weighted by Crippen LogP contribution is -2.12. The Labute approximate surface area is 307 Å². The van der Waals surface area contributed by atoms with Crippen molar-refractivity contribution in [2.75, 3.05) is 0 Å². The zero-order chi connectivity index (χ0) is 35.5. The second kappa shape index (κ2) is 15.5. The van der Waals surface area contributed by atoms with E-state index >= 15 is 0 Å². The Hall–Kier alpha value is -4.02. The average molecular weight is 772 g/mol. The minimum Gasteiger partial charge on any atom is -0.423 e. The monoisotopic (exact) mass is 770 g/mol. The van der Waals surface area contributed by atoms with Crippen LogP contribution in [-0.4, -0.2) is 46.7 Å². The predicted molar refractivity (Wildman–Crippen MR) is 202 cm³/mol. The van der Waals surface area contributed by atoms with Crippen LogP contribution in [0.2, 0.25) is 0 Å². The van der Waals surface area contributed by atoms with E-state index in [0.717, 1.165) is 49.5 Å². The number of fused-ring (bicyclic) bond motifs is 6. The number of hydrogen-bond acceptors (Lipinski definition) is 10. The summed E-state index contributed by atoms with van der Waals surface area (Å²) in [6, 6.07) is 19.4. The first-order chi connectivity index (χ1) is 24.1. The standard InChI is InChI=1S/C18H17N3OS.C10H10BrN3OS.C8H9BO2/c1-11(14-7-5-4-6-8-14)17-12(2)23-18-15(17)9-22-10-16-20-19-13(3)21(16)18;1-5-9(11)7-3-15-4-8-13-12-6(2)14(8)10(7)16-5;1-7(9(10)11)8-5-3-2-4-6-8/h4-8H,1,9-10H2,2-3H3;3-4H2,1-2H3;2-6,10-11H,1H2. The molecule has 6 aromatic rings. The van der Waals surface area contributed by atoms with E-state index in [9.17, 15) is 0 Å². The highest BCUT2D eigenvalue weighted by atomic mass is 79.9. The first kappa shape index (κ1) is 35.8. The molecule has 0 amide bonds. The van der Waals surface area contributed by atoms with Gasteiger partial charge in [0.1, 0.15) is 34.9 Å². The Balaban J connectivity index is 0.000000139. The van der Waals surface area contributed by atoms with E-state index in [0.29, 0.717) is 31.9 Å². The summed E-state index contributed by atoms with van der Waals surface area (Å²) < 4.78 is 16.8. The summed E-state index contributed by atoms with van der Waals surface area (Å²) in [5, 5.41) is 36.5. The fraction of sp³-hybridized carbons (Fsp3) is 0.222. The van der Waals surface area contributed by atoms with E-state index in [-0.39, 0.29) is 0 Å². The van der Waals surface area contributed by atoms with E-state index in [2.05, 4.69) is 84.6 Å². The van der Waals surface area contributed by atoms with Crippen LogP contribution in [0.5, 0.6) is 0 Å². The molecule has 0 saturated carbocycles. The number of nitrogens with zero attached hydrogens (tertiary/aromatic N) is 6. The maximum atomic E-state index is 8.73. The molecule has 0 atom stereocenters. The number of benzene rings is 2. The van der Waals surface area contributed by atoms with Crippen molar-refractivity contribution in [1.29, 1.82) is 0 Å². The summed E-state index contributed by atoms with van der Waals surface area (Å²) in [4.78, 5) is 2.50. The Morgan fingerprint density at radius 3 is 1.72 bits per heavy atom. The van der Waals surface area contributed by atoms with Crippen molar-refractivity contribution in [2.24, 2.45) is 0 Å². The molecule has 8 rings (SSSR count). The largest absolute Gasteiger partial charge is 0.488 e. The SMILES string of the molecule is C=C(B(O)O)c1ccccc1.C=C(c1ccccc1)c1c(C)sc2c1COCc1nnc(C)n1-2.Cc1sc2c(c1Br)COCc1nnc(C)n1-2. The Kier molecular flexibility index (Phi) is 11.1. The first-order valence-electron chi connectivity index (χ1n) is 15.8. The molecule has 0 spiro atoms. The highest BCUT2D eigenvalue weighted by Crippen LogP contribution is 2.41. The van der Waals surface area contributed by atoms with Gasteiger partial charge in [0, 0.05) is 30.9 Å². The van der Waals surface area contributed by atoms with Crippen LogP contribution in [0.1, 0.15) is 60.9 Å². The van der Waals surface area contributed by atoms with E-state index in [1.165, 1.54) is 31.4 Å². The van der Waals surface area contributed by atoms with Crippen LogP contribution in [-0.2, 0) is 35.9 Å². The predicted octanol–water partition coefficient (Wildman–Crippen LogP) is 7.49. The molecule has 0 bridgehead atoms. The van der Waals surface area contributed by atoms with Crippen molar-refractivity contribution >= 4 is 56.8 Å². The van der Waals surface area contributed by atoms with E-state index in [1.54, 1.807) is 34.8 Å². The van der Waals surface area contributed by atoms with Gasteiger partial charge in [0.05, 0.1) is 13.2 Å². The van der Waals surface area contributed by atoms with E-state index in [1.807, 2.05) is 50.2 Å². The van der Waals surface area contributed by atoms with Gasteiger partial charge in [-0.05, 0) is 65.8 Å². The molecule has 256 valence electrons. The molecule has 6 heterocycles. The lowest BCUT2D eigenvalue weighted by atomic mass is 9.76. The molecule has 50 heavy (non-hydrogen) atoms. The van der Waals surface area contributed by atoms with Gasteiger partial charge in [0.25, 0.3) is 0 Å². The fourth-order valence-electron chi connectivity index (χ4n) is 5.75. The summed E-state index contributed by atoms with van der Waals surface area (Å²) in [6.07, 6.45) is 0. The summed E-state index contributed by atoms with van der Waals surface area (Å²) in [5.74, 6) is 3.55. The summed E-state index contributed by atoms with van der Waals surface area (Å²) >= 11 is 7.12. The maximum absolute atomic E-state index is 8.73. The van der Waals surface area contributed by atoms with Gasteiger partial charge < -0.3 is 19.5 Å². The maximum Gasteiger partial charge on any atom is 0.488 e. The van der Waals surface area contributed by atoms with Gasteiger partial charge >= 0.3 is 7.12 Å². The number of thiophene rings is 2. The number of halogens is 1. The zero-order valence-corrected chi connectivity index (χ0v) is 31.4. The molecule has 0 saturated heterocycles. The summed E-state index contributed by atoms with van der Waals surface area (Å²) in [7, 11) is -1.46. The van der Waals surface area contributed by atoms with Crippen molar-refractivity contribution in [3.63, 3.8) is 0 Å². The number of rotatable bonds is 4. The van der Waals surface area contributed by atoms with Gasteiger partial charge in [0.2, 0.25) is 0 Å². The lowest BCUT2D eigenvalue weighted by molar-refractivity contribution is 0.105.